The molecule has 2 fully saturated rings. The summed E-state index contributed by atoms with van der Waals surface area (Å²) in [6.07, 6.45) is 6.27. The number of hydrogen-bond donors (Lipinski definition) is 2. The van der Waals surface area contributed by atoms with Gasteiger partial charge in [-0.25, -0.2) is 4.68 Å². The zero-order chi connectivity index (χ0) is 26.6. The highest BCUT2D eigenvalue weighted by molar-refractivity contribution is 8.05. The number of carbonyl (C=O) groups excluding carboxylic acids is 2. The molecule has 2 aromatic carbocycles. The zero-order valence-corrected chi connectivity index (χ0v) is 22.5. The summed E-state index contributed by atoms with van der Waals surface area (Å²) in [4.78, 5) is 27.4. The van der Waals surface area contributed by atoms with Gasteiger partial charge in [0.05, 0.1) is 17.2 Å². The number of benzene rings is 2. The van der Waals surface area contributed by atoms with E-state index in [4.69, 9.17) is 15.6 Å². The summed E-state index contributed by atoms with van der Waals surface area (Å²) >= 11 is 1.51. The standard InChI is InChI=1S/C29H33N5O3S/c1-3-15-37-24-10-9-21(16-19(24)2)26-22(18-34(32-26)23-7-5-4-6-8-23)17-25-28(36)31-29(38-25)33-13-11-20(12-14-33)27(30)35/h4-10,16-18,20,29H,3,11-15H2,1-2H3,(H2,30,35)(H,31,36). The Hall–Kier alpha value is -3.56. The van der Waals surface area contributed by atoms with Gasteiger partial charge in [0.2, 0.25) is 5.91 Å². The van der Waals surface area contributed by atoms with Crippen molar-refractivity contribution in [3.63, 3.8) is 0 Å². The molecule has 0 saturated carbocycles. The number of aromatic nitrogens is 2. The van der Waals surface area contributed by atoms with Gasteiger partial charge in [0.25, 0.3) is 5.91 Å². The summed E-state index contributed by atoms with van der Waals surface area (Å²) in [5.74, 6) is 0.440. The van der Waals surface area contributed by atoms with Gasteiger partial charge in [-0.05, 0) is 68.2 Å². The maximum absolute atomic E-state index is 13.0. The highest BCUT2D eigenvalue weighted by Crippen LogP contribution is 2.36. The molecule has 2 aliphatic rings. The molecule has 2 amide bonds. The molecule has 3 N–H and O–H groups in total. The molecule has 5 rings (SSSR count). The average molecular weight is 532 g/mol. The molecule has 198 valence electrons. The van der Waals surface area contributed by atoms with Crippen LogP contribution in [0.1, 0.15) is 37.3 Å². The number of likely N-dealkylation sites (tertiary alicyclic amines) is 1. The van der Waals surface area contributed by atoms with E-state index in [-0.39, 0.29) is 23.2 Å². The van der Waals surface area contributed by atoms with Crippen LogP contribution in [0.4, 0.5) is 0 Å². The predicted octanol–water partition coefficient (Wildman–Crippen LogP) is 4.32. The Balaban J connectivity index is 1.44. The first-order valence-electron chi connectivity index (χ1n) is 13.0. The third-order valence-electron chi connectivity index (χ3n) is 6.94. The lowest BCUT2D eigenvalue weighted by Crippen LogP contribution is -2.47. The van der Waals surface area contributed by atoms with Crippen LogP contribution < -0.4 is 15.8 Å². The largest absolute Gasteiger partial charge is 0.493 e. The first kappa shape index (κ1) is 26.1. The lowest BCUT2D eigenvalue weighted by atomic mass is 9.97. The van der Waals surface area contributed by atoms with Crippen molar-refractivity contribution in [2.24, 2.45) is 11.7 Å². The maximum atomic E-state index is 13.0. The van der Waals surface area contributed by atoms with Crippen LogP contribution in [0, 0.1) is 12.8 Å². The van der Waals surface area contributed by atoms with Crippen molar-refractivity contribution in [3.05, 3.63) is 70.8 Å². The third-order valence-corrected chi connectivity index (χ3v) is 8.14. The molecule has 0 bridgehead atoms. The second kappa shape index (κ2) is 11.4. The van der Waals surface area contributed by atoms with Gasteiger partial charge in [0.1, 0.15) is 16.9 Å². The van der Waals surface area contributed by atoms with Crippen molar-refractivity contribution in [3.8, 4) is 22.7 Å². The van der Waals surface area contributed by atoms with Gasteiger partial charge in [0.15, 0.2) is 0 Å². The highest BCUT2D eigenvalue weighted by Gasteiger charge is 2.35. The Kier molecular flexibility index (Phi) is 7.85. The third kappa shape index (κ3) is 5.63. The van der Waals surface area contributed by atoms with Gasteiger partial charge in [-0.3, -0.25) is 14.5 Å². The van der Waals surface area contributed by atoms with Crippen molar-refractivity contribution in [2.75, 3.05) is 19.7 Å². The minimum Gasteiger partial charge on any atom is -0.493 e. The van der Waals surface area contributed by atoms with E-state index in [1.54, 1.807) is 0 Å². The topological polar surface area (TPSA) is 102 Å². The van der Waals surface area contributed by atoms with Crippen molar-refractivity contribution >= 4 is 29.7 Å². The van der Waals surface area contributed by atoms with E-state index in [0.29, 0.717) is 24.4 Å². The molecule has 2 aliphatic heterocycles. The fourth-order valence-corrected chi connectivity index (χ4v) is 5.94. The van der Waals surface area contributed by atoms with E-state index in [9.17, 15) is 9.59 Å². The number of piperidine rings is 1. The average Bonchev–Trinajstić information content (AvgIpc) is 3.52. The number of ether oxygens (including phenoxy) is 1. The molecule has 8 nitrogen and oxygen atoms in total. The SMILES string of the molecule is CCCOc1ccc(-c2nn(-c3ccccc3)cc2C=C2SC(N3CCC(C(N)=O)CC3)NC2=O)cc1C. The van der Waals surface area contributed by atoms with Crippen molar-refractivity contribution < 1.29 is 14.3 Å². The molecule has 1 atom stereocenters. The second-order valence-corrected chi connectivity index (χ2v) is 10.8. The summed E-state index contributed by atoms with van der Waals surface area (Å²) < 4.78 is 7.72. The van der Waals surface area contributed by atoms with Crippen molar-refractivity contribution in [1.82, 2.24) is 20.0 Å². The van der Waals surface area contributed by atoms with Crippen LogP contribution in [0.2, 0.25) is 0 Å². The van der Waals surface area contributed by atoms with Crippen LogP contribution in [0.25, 0.3) is 23.0 Å². The first-order valence-corrected chi connectivity index (χ1v) is 13.9. The number of nitrogens with one attached hydrogen (secondary N) is 1. The fourth-order valence-electron chi connectivity index (χ4n) is 4.81. The number of thioether (sulfide) groups is 1. The minimum atomic E-state index is -0.239. The molecule has 3 aromatic rings. The van der Waals surface area contributed by atoms with Crippen LogP contribution >= 0.6 is 11.8 Å². The molecule has 38 heavy (non-hydrogen) atoms. The molecule has 1 aromatic heterocycles. The van der Waals surface area contributed by atoms with Crippen LogP contribution in [0.3, 0.4) is 0 Å². The van der Waals surface area contributed by atoms with Crippen molar-refractivity contribution in [2.45, 2.75) is 38.6 Å². The van der Waals surface area contributed by atoms with Gasteiger partial charge in [-0.2, -0.15) is 5.10 Å². The number of amides is 2. The van der Waals surface area contributed by atoms with Crippen molar-refractivity contribution in [1.29, 1.82) is 0 Å². The van der Waals surface area contributed by atoms with E-state index in [2.05, 4.69) is 23.2 Å². The summed E-state index contributed by atoms with van der Waals surface area (Å²) in [6, 6.07) is 16.0. The Labute approximate surface area is 227 Å². The number of rotatable bonds is 8. The first-order chi connectivity index (χ1) is 18.4. The summed E-state index contributed by atoms with van der Waals surface area (Å²) in [5, 5.41) is 8.01. The zero-order valence-electron chi connectivity index (χ0n) is 21.7. The summed E-state index contributed by atoms with van der Waals surface area (Å²) in [5.41, 5.74) is 9.92. The molecular formula is C29H33N5O3S. The number of para-hydroxylation sites is 1. The molecule has 0 aliphatic carbocycles. The quantitative estimate of drug-likeness (QED) is 0.420. The van der Waals surface area contributed by atoms with Crippen LogP contribution in [0.15, 0.2) is 59.6 Å². The van der Waals surface area contributed by atoms with E-state index in [0.717, 1.165) is 53.3 Å². The van der Waals surface area contributed by atoms with Crippen LogP contribution in [-0.2, 0) is 9.59 Å². The molecule has 1 unspecified atom stereocenters. The summed E-state index contributed by atoms with van der Waals surface area (Å²) in [6.45, 7) is 6.25. The van der Waals surface area contributed by atoms with Gasteiger partial charge in [-0.15, -0.1) is 0 Å². The Morgan fingerprint density at radius 3 is 2.66 bits per heavy atom. The smallest absolute Gasteiger partial charge is 0.259 e. The monoisotopic (exact) mass is 531 g/mol. The minimum absolute atomic E-state index is 0.0861. The molecular weight excluding hydrogens is 498 g/mol. The normalized spacial score (nSPS) is 19.6. The Morgan fingerprint density at radius 2 is 1.97 bits per heavy atom. The Morgan fingerprint density at radius 1 is 1.21 bits per heavy atom. The molecule has 2 saturated heterocycles. The predicted molar refractivity (Wildman–Crippen MR) is 151 cm³/mol. The lowest BCUT2D eigenvalue weighted by Gasteiger charge is -2.33. The number of aryl methyl sites for hydroxylation is 1. The number of primary amides is 1. The van der Waals surface area contributed by atoms with Gasteiger partial charge < -0.3 is 15.8 Å². The van der Waals surface area contributed by atoms with Gasteiger partial charge >= 0.3 is 0 Å². The molecule has 9 heteroatoms. The van der Waals surface area contributed by atoms with Crippen LogP contribution in [-0.4, -0.2) is 51.7 Å². The summed E-state index contributed by atoms with van der Waals surface area (Å²) in [7, 11) is 0. The number of nitrogens with two attached hydrogens (primary N) is 1. The highest BCUT2D eigenvalue weighted by atomic mass is 32.2. The molecule has 0 spiro atoms. The van der Waals surface area contributed by atoms with E-state index < -0.39 is 0 Å². The van der Waals surface area contributed by atoms with E-state index in [1.807, 2.05) is 66.3 Å². The molecule has 0 radical (unpaired) electrons. The second-order valence-electron chi connectivity index (χ2n) is 9.71. The number of carbonyl (C=O) groups is 2. The maximum Gasteiger partial charge on any atom is 0.259 e. The van der Waals surface area contributed by atoms with E-state index >= 15 is 0 Å². The van der Waals surface area contributed by atoms with Crippen LogP contribution in [0.5, 0.6) is 5.75 Å². The Bertz CT molecular complexity index is 1350. The van der Waals surface area contributed by atoms with Gasteiger partial charge in [-0.1, -0.05) is 36.9 Å². The lowest BCUT2D eigenvalue weighted by molar-refractivity contribution is -0.123. The van der Waals surface area contributed by atoms with Gasteiger partial charge in [0, 0.05) is 36.3 Å². The fraction of sp³-hybridized carbons (Fsp3) is 0.345. The number of nitrogens with zero attached hydrogens (tertiary/aromatic N) is 3. The van der Waals surface area contributed by atoms with E-state index in [1.165, 1.54) is 11.8 Å². The molecule has 3 heterocycles. The number of hydrogen-bond acceptors (Lipinski definition) is 6.